The number of rotatable bonds is 3. The van der Waals surface area contributed by atoms with Crippen molar-refractivity contribution in [3.05, 3.63) is 29.8 Å². The number of nitrogen functional groups attached to an aromatic ring is 1. The third-order valence-electron chi connectivity index (χ3n) is 3.64. The van der Waals surface area contributed by atoms with Crippen LogP contribution < -0.4 is 5.73 Å². The van der Waals surface area contributed by atoms with E-state index >= 15 is 0 Å². The molecule has 0 aliphatic carbocycles. The molecule has 1 aliphatic heterocycles. The molecule has 0 bridgehead atoms. The van der Waals surface area contributed by atoms with E-state index in [1.54, 1.807) is 0 Å². The molecule has 0 radical (unpaired) electrons. The number of ether oxygens (including phenoxy) is 1. The van der Waals surface area contributed by atoms with Crippen LogP contribution >= 0.6 is 0 Å². The van der Waals surface area contributed by atoms with E-state index in [2.05, 4.69) is 37.8 Å². The molecule has 1 aromatic carbocycles. The molecule has 18 heavy (non-hydrogen) atoms. The first kappa shape index (κ1) is 13.4. The summed E-state index contributed by atoms with van der Waals surface area (Å²) in [6, 6.07) is 8.25. The summed E-state index contributed by atoms with van der Waals surface area (Å²) in [4.78, 5) is 2.49. The maximum absolute atomic E-state index is 5.75. The molecule has 1 aliphatic rings. The van der Waals surface area contributed by atoms with Crippen molar-refractivity contribution < 1.29 is 4.74 Å². The largest absolute Gasteiger partial charge is 0.399 e. The molecule has 0 spiro atoms. The molecule has 1 saturated heterocycles. The lowest BCUT2D eigenvalue weighted by atomic mass is 9.84. The summed E-state index contributed by atoms with van der Waals surface area (Å²) in [5.74, 6) is 0. The van der Waals surface area contributed by atoms with Gasteiger partial charge in [0, 0.05) is 30.7 Å². The minimum atomic E-state index is 0.144. The maximum Gasteiger partial charge on any atom is 0.0674 e. The van der Waals surface area contributed by atoms with E-state index in [1.165, 1.54) is 5.56 Å². The highest BCUT2D eigenvalue weighted by Gasteiger charge is 2.26. The van der Waals surface area contributed by atoms with Crippen LogP contribution in [0, 0.1) is 0 Å². The molecule has 2 rings (SSSR count). The van der Waals surface area contributed by atoms with Crippen LogP contribution in [0.25, 0.3) is 0 Å². The Morgan fingerprint density at radius 1 is 1.33 bits per heavy atom. The molecule has 0 aromatic heterocycles. The highest BCUT2D eigenvalue weighted by Crippen LogP contribution is 2.26. The van der Waals surface area contributed by atoms with E-state index in [9.17, 15) is 0 Å². The zero-order valence-electron chi connectivity index (χ0n) is 11.6. The summed E-state index contributed by atoms with van der Waals surface area (Å²) < 4.78 is 5.59. The van der Waals surface area contributed by atoms with Gasteiger partial charge in [-0.3, -0.25) is 4.90 Å². The van der Waals surface area contributed by atoms with Gasteiger partial charge in [-0.15, -0.1) is 0 Å². The van der Waals surface area contributed by atoms with Gasteiger partial charge in [0.15, 0.2) is 0 Å². The topological polar surface area (TPSA) is 38.5 Å². The van der Waals surface area contributed by atoms with Crippen LogP contribution in [0.2, 0.25) is 0 Å². The third kappa shape index (κ3) is 3.24. The minimum Gasteiger partial charge on any atom is -0.399 e. The highest BCUT2D eigenvalue weighted by molar-refractivity contribution is 5.41. The second-order valence-corrected chi connectivity index (χ2v) is 5.92. The Labute approximate surface area is 110 Å². The average molecular weight is 248 g/mol. The predicted molar refractivity (Wildman–Crippen MR) is 75.7 cm³/mol. The smallest absolute Gasteiger partial charge is 0.0674 e. The van der Waals surface area contributed by atoms with E-state index in [-0.39, 0.29) is 5.41 Å². The quantitative estimate of drug-likeness (QED) is 0.834. The number of morpholine rings is 1. The zero-order chi connectivity index (χ0) is 13.2. The molecular weight excluding hydrogens is 224 g/mol. The first-order chi connectivity index (χ1) is 8.47. The molecule has 1 heterocycles. The van der Waals surface area contributed by atoms with Crippen molar-refractivity contribution in [2.75, 3.05) is 32.0 Å². The van der Waals surface area contributed by atoms with Gasteiger partial charge in [0.25, 0.3) is 0 Å². The van der Waals surface area contributed by atoms with Crippen molar-refractivity contribution in [1.82, 2.24) is 4.90 Å². The minimum absolute atomic E-state index is 0.144. The fraction of sp³-hybridized carbons (Fsp3) is 0.600. The molecule has 0 saturated carbocycles. The maximum atomic E-state index is 5.75. The van der Waals surface area contributed by atoms with Crippen molar-refractivity contribution in [2.24, 2.45) is 0 Å². The molecule has 2 N–H and O–H groups in total. The number of nitrogens with two attached hydrogens (primary N) is 1. The molecule has 3 heteroatoms. The normalized spacial score (nSPS) is 22.1. The summed E-state index contributed by atoms with van der Waals surface area (Å²) in [6.07, 6.45) is 0.348. The monoisotopic (exact) mass is 248 g/mol. The van der Waals surface area contributed by atoms with Crippen molar-refractivity contribution in [3.8, 4) is 0 Å². The fourth-order valence-corrected chi connectivity index (χ4v) is 2.62. The van der Waals surface area contributed by atoms with Crippen LogP contribution in [0.1, 0.15) is 26.3 Å². The standard InChI is InChI=1S/C15H24N2O/c1-12-10-17(8-9-18-12)11-15(2,3)13-4-6-14(16)7-5-13/h4-7,12H,8-11,16H2,1-3H3. The van der Waals surface area contributed by atoms with Crippen molar-refractivity contribution in [2.45, 2.75) is 32.3 Å². The lowest BCUT2D eigenvalue weighted by Crippen LogP contribution is -2.46. The second-order valence-electron chi connectivity index (χ2n) is 5.92. The lowest BCUT2D eigenvalue weighted by Gasteiger charge is -2.37. The van der Waals surface area contributed by atoms with Gasteiger partial charge in [0.05, 0.1) is 12.7 Å². The van der Waals surface area contributed by atoms with Crippen LogP contribution in [0.5, 0.6) is 0 Å². The Morgan fingerprint density at radius 3 is 2.61 bits per heavy atom. The Bertz CT molecular complexity index is 386. The van der Waals surface area contributed by atoms with Crippen molar-refractivity contribution >= 4 is 5.69 Å². The van der Waals surface area contributed by atoms with Gasteiger partial charge in [0.2, 0.25) is 0 Å². The molecule has 1 atom stereocenters. The van der Waals surface area contributed by atoms with E-state index in [1.807, 2.05) is 12.1 Å². The van der Waals surface area contributed by atoms with E-state index in [0.717, 1.165) is 31.9 Å². The average Bonchev–Trinajstić information content (AvgIpc) is 2.29. The van der Waals surface area contributed by atoms with Crippen LogP contribution in [-0.4, -0.2) is 37.2 Å². The summed E-state index contributed by atoms with van der Waals surface area (Å²) in [5.41, 5.74) is 8.06. The first-order valence-electron chi connectivity index (χ1n) is 6.67. The van der Waals surface area contributed by atoms with Gasteiger partial charge in [0.1, 0.15) is 0 Å². The number of hydrogen-bond donors (Lipinski definition) is 1. The van der Waals surface area contributed by atoms with Gasteiger partial charge < -0.3 is 10.5 Å². The van der Waals surface area contributed by atoms with Gasteiger partial charge in [-0.2, -0.15) is 0 Å². The van der Waals surface area contributed by atoms with Crippen LogP contribution in [0.15, 0.2) is 24.3 Å². The van der Waals surface area contributed by atoms with E-state index in [4.69, 9.17) is 10.5 Å². The van der Waals surface area contributed by atoms with Gasteiger partial charge in [-0.05, 0) is 24.6 Å². The molecule has 0 amide bonds. The number of benzene rings is 1. The fourth-order valence-electron chi connectivity index (χ4n) is 2.62. The molecule has 1 fully saturated rings. The SMILES string of the molecule is CC1CN(CC(C)(C)c2ccc(N)cc2)CCO1. The van der Waals surface area contributed by atoms with Gasteiger partial charge in [-0.1, -0.05) is 26.0 Å². The third-order valence-corrected chi connectivity index (χ3v) is 3.64. The van der Waals surface area contributed by atoms with E-state index in [0.29, 0.717) is 6.10 Å². The Morgan fingerprint density at radius 2 is 2.00 bits per heavy atom. The molecule has 3 nitrogen and oxygen atoms in total. The Balaban J connectivity index is 2.04. The highest BCUT2D eigenvalue weighted by atomic mass is 16.5. The van der Waals surface area contributed by atoms with Gasteiger partial charge in [-0.25, -0.2) is 0 Å². The van der Waals surface area contributed by atoms with Crippen molar-refractivity contribution in [3.63, 3.8) is 0 Å². The summed E-state index contributed by atoms with van der Waals surface area (Å²) in [6.45, 7) is 10.7. The van der Waals surface area contributed by atoms with Crippen molar-refractivity contribution in [1.29, 1.82) is 0 Å². The molecule has 1 aromatic rings. The number of hydrogen-bond acceptors (Lipinski definition) is 3. The molecule has 100 valence electrons. The summed E-state index contributed by atoms with van der Waals surface area (Å²) >= 11 is 0. The first-order valence-corrected chi connectivity index (χ1v) is 6.67. The molecule has 1 unspecified atom stereocenters. The van der Waals surface area contributed by atoms with Gasteiger partial charge >= 0.3 is 0 Å². The second kappa shape index (κ2) is 5.29. The Kier molecular flexibility index (Phi) is 3.93. The van der Waals surface area contributed by atoms with Crippen LogP contribution in [-0.2, 0) is 10.2 Å². The lowest BCUT2D eigenvalue weighted by molar-refractivity contribution is -0.0237. The zero-order valence-corrected chi connectivity index (χ0v) is 11.6. The molecular formula is C15H24N2O. The van der Waals surface area contributed by atoms with E-state index < -0.39 is 0 Å². The number of nitrogens with zero attached hydrogens (tertiary/aromatic N) is 1. The number of anilines is 1. The Hall–Kier alpha value is -1.06. The summed E-state index contributed by atoms with van der Waals surface area (Å²) in [7, 11) is 0. The summed E-state index contributed by atoms with van der Waals surface area (Å²) in [5, 5.41) is 0. The van der Waals surface area contributed by atoms with Crippen LogP contribution in [0.4, 0.5) is 5.69 Å². The predicted octanol–water partition coefficient (Wildman–Crippen LogP) is 2.27. The van der Waals surface area contributed by atoms with Crippen LogP contribution in [0.3, 0.4) is 0 Å².